The Morgan fingerprint density at radius 2 is 1.55 bits per heavy atom. The van der Waals surface area contributed by atoms with Crippen LogP contribution in [0, 0.1) is 11.5 Å². The van der Waals surface area contributed by atoms with Gasteiger partial charge in [0, 0.05) is 32.7 Å². The molecule has 0 radical (unpaired) electrons. The number of hydrogen-bond donors (Lipinski definition) is 1. The molecule has 0 unspecified atom stereocenters. The molecule has 2 aliphatic heterocycles. The molecule has 0 bridgehead atoms. The normalized spacial score (nSPS) is 18.6. The monoisotopic (exact) mass is 387 g/mol. The summed E-state index contributed by atoms with van der Waals surface area (Å²) in [5, 5.41) is 12.1. The Bertz CT molecular complexity index is 835. The molecule has 5 heteroatoms. The minimum atomic E-state index is 0.281. The van der Waals surface area contributed by atoms with E-state index in [1.54, 1.807) is 0 Å². The predicted molar refractivity (Wildman–Crippen MR) is 116 cm³/mol. The summed E-state index contributed by atoms with van der Waals surface area (Å²) in [7, 11) is 0. The number of rotatable bonds is 3. The predicted octanol–water partition coefficient (Wildman–Crippen LogP) is 3.18. The number of nitrogens with zero attached hydrogens (tertiary/aromatic N) is 4. The van der Waals surface area contributed by atoms with Crippen molar-refractivity contribution in [2.24, 2.45) is 4.99 Å². The van der Waals surface area contributed by atoms with Crippen molar-refractivity contribution in [2.75, 3.05) is 26.2 Å². The van der Waals surface area contributed by atoms with Gasteiger partial charge >= 0.3 is 0 Å². The van der Waals surface area contributed by atoms with Crippen LogP contribution in [-0.4, -0.2) is 48.0 Å². The fraction of sp³-hybridized carbons (Fsp3) is 0.417. The zero-order valence-electron chi connectivity index (χ0n) is 16.9. The summed E-state index contributed by atoms with van der Waals surface area (Å²) in [6.45, 7) is 4.91. The highest BCUT2D eigenvalue weighted by molar-refractivity contribution is 5.81. The Labute approximate surface area is 173 Å². The Balaban J connectivity index is 1.36. The number of hydrogen-bond acceptors (Lipinski definition) is 3. The minimum Gasteiger partial charge on any atom is -0.341 e. The molecule has 0 spiro atoms. The first kappa shape index (κ1) is 19.5. The number of aliphatic imine (C=N–C) groups is 1. The highest BCUT2D eigenvalue weighted by Gasteiger charge is 2.22. The lowest BCUT2D eigenvalue weighted by Crippen LogP contribution is -2.43. The molecule has 29 heavy (non-hydrogen) atoms. The highest BCUT2D eigenvalue weighted by Crippen LogP contribution is 2.19. The van der Waals surface area contributed by atoms with E-state index in [4.69, 9.17) is 4.99 Å². The van der Waals surface area contributed by atoms with Crippen LogP contribution >= 0.6 is 0 Å². The Hall–Kier alpha value is -2.84. The second kappa shape index (κ2) is 9.58. The maximum Gasteiger partial charge on any atom is 0.207 e. The molecule has 0 aliphatic carbocycles. The number of likely N-dealkylation sites (tertiary alicyclic amines) is 1. The van der Waals surface area contributed by atoms with E-state index in [0.717, 1.165) is 64.4 Å². The van der Waals surface area contributed by atoms with Crippen LogP contribution in [0.3, 0.4) is 0 Å². The fourth-order valence-corrected chi connectivity index (χ4v) is 4.34. The molecule has 1 fully saturated rings. The van der Waals surface area contributed by atoms with Crippen molar-refractivity contribution >= 4 is 5.96 Å². The molecular weight excluding hydrogens is 358 g/mol. The zero-order valence-corrected chi connectivity index (χ0v) is 16.9. The van der Waals surface area contributed by atoms with Crippen LogP contribution < -0.4 is 5.32 Å². The molecule has 2 heterocycles. The zero-order chi connectivity index (χ0) is 19.9. The summed E-state index contributed by atoms with van der Waals surface area (Å²) in [6, 6.07) is 19.6. The standard InChI is InChI=1S/C24H29N5/c25-19-26-24(29-16-10-21-8-4-5-9-22(21)11-17-29)27-23-12-14-28(15-13-23)18-20-6-2-1-3-7-20/h1-9,23H,10-18H2,(H,26,27). The van der Waals surface area contributed by atoms with E-state index in [1.807, 2.05) is 0 Å². The summed E-state index contributed by atoms with van der Waals surface area (Å²) in [4.78, 5) is 9.73. The third kappa shape index (κ3) is 5.16. The highest BCUT2D eigenvalue weighted by atomic mass is 15.3. The summed E-state index contributed by atoms with van der Waals surface area (Å²) in [5.41, 5.74) is 4.20. The summed E-state index contributed by atoms with van der Waals surface area (Å²) in [5.74, 6) is 0.752. The van der Waals surface area contributed by atoms with Crippen LogP contribution in [0.2, 0.25) is 0 Å². The van der Waals surface area contributed by atoms with Crippen LogP contribution in [0.15, 0.2) is 59.6 Å². The van der Waals surface area contributed by atoms with E-state index in [-0.39, 0.29) is 6.04 Å². The molecule has 4 rings (SSSR count). The van der Waals surface area contributed by atoms with Gasteiger partial charge in [-0.1, -0.05) is 54.6 Å². The van der Waals surface area contributed by atoms with Crippen LogP contribution in [0.4, 0.5) is 0 Å². The second-order valence-corrected chi connectivity index (χ2v) is 7.94. The smallest absolute Gasteiger partial charge is 0.207 e. The molecule has 2 aromatic rings. The van der Waals surface area contributed by atoms with Gasteiger partial charge in [-0.05, 0) is 42.4 Å². The minimum absolute atomic E-state index is 0.281. The molecule has 0 saturated carbocycles. The maximum absolute atomic E-state index is 9.27. The van der Waals surface area contributed by atoms with Gasteiger partial charge in [0.25, 0.3) is 0 Å². The molecule has 1 N–H and O–H groups in total. The van der Waals surface area contributed by atoms with Crippen molar-refractivity contribution in [3.05, 3.63) is 71.3 Å². The molecular formula is C24H29N5. The third-order valence-corrected chi connectivity index (χ3v) is 6.00. The molecule has 2 aromatic carbocycles. The quantitative estimate of drug-likeness (QED) is 0.380. The van der Waals surface area contributed by atoms with Gasteiger partial charge in [0.1, 0.15) is 0 Å². The molecule has 0 aromatic heterocycles. The van der Waals surface area contributed by atoms with Crippen molar-refractivity contribution in [3.8, 4) is 6.19 Å². The van der Waals surface area contributed by atoms with Crippen LogP contribution in [0.1, 0.15) is 29.5 Å². The van der Waals surface area contributed by atoms with E-state index in [2.05, 4.69) is 75.9 Å². The largest absolute Gasteiger partial charge is 0.341 e. The first-order valence-corrected chi connectivity index (χ1v) is 10.6. The molecule has 150 valence electrons. The van der Waals surface area contributed by atoms with E-state index in [9.17, 15) is 5.26 Å². The van der Waals surface area contributed by atoms with Gasteiger partial charge in [0.15, 0.2) is 6.19 Å². The van der Waals surface area contributed by atoms with E-state index < -0.39 is 0 Å². The van der Waals surface area contributed by atoms with Gasteiger partial charge in [0.05, 0.1) is 6.04 Å². The van der Waals surface area contributed by atoms with Crippen molar-refractivity contribution < 1.29 is 0 Å². The Morgan fingerprint density at radius 3 is 2.17 bits per heavy atom. The number of fused-ring (bicyclic) bond motifs is 1. The number of guanidine groups is 1. The van der Waals surface area contributed by atoms with Crippen molar-refractivity contribution in [3.63, 3.8) is 0 Å². The molecule has 5 nitrogen and oxygen atoms in total. The average molecular weight is 388 g/mol. The van der Waals surface area contributed by atoms with Crippen LogP contribution in [0.5, 0.6) is 0 Å². The van der Waals surface area contributed by atoms with Gasteiger partial charge in [-0.3, -0.25) is 10.2 Å². The van der Waals surface area contributed by atoms with Gasteiger partial charge < -0.3 is 4.90 Å². The van der Waals surface area contributed by atoms with E-state index in [0.29, 0.717) is 0 Å². The molecule has 2 aliphatic rings. The Morgan fingerprint density at radius 1 is 0.931 bits per heavy atom. The number of nitriles is 1. The van der Waals surface area contributed by atoms with Crippen molar-refractivity contribution in [2.45, 2.75) is 38.3 Å². The van der Waals surface area contributed by atoms with Gasteiger partial charge in [-0.25, -0.2) is 4.99 Å². The van der Waals surface area contributed by atoms with Gasteiger partial charge in [0.2, 0.25) is 5.96 Å². The van der Waals surface area contributed by atoms with Gasteiger partial charge in [-0.15, -0.1) is 0 Å². The third-order valence-electron chi connectivity index (χ3n) is 6.00. The molecule has 0 amide bonds. The summed E-state index contributed by atoms with van der Waals surface area (Å²) >= 11 is 0. The van der Waals surface area contributed by atoms with Crippen LogP contribution in [-0.2, 0) is 19.4 Å². The summed E-state index contributed by atoms with van der Waals surface area (Å²) < 4.78 is 0. The van der Waals surface area contributed by atoms with Crippen LogP contribution in [0.25, 0.3) is 0 Å². The van der Waals surface area contributed by atoms with Gasteiger partial charge in [-0.2, -0.15) is 5.26 Å². The number of nitrogens with one attached hydrogen (secondary N) is 1. The topological polar surface area (TPSA) is 54.7 Å². The number of benzene rings is 2. The summed E-state index contributed by atoms with van der Waals surface area (Å²) in [6.07, 6.45) is 6.18. The Kier molecular flexibility index (Phi) is 6.43. The second-order valence-electron chi connectivity index (χ2n) is 7.94. The molecule has 0 atom stereocenters. The van der Waals surface area contributed by atoms with Crippen molar-refractivity contribution in [1.82, 2.24) is 15.1 Å². The fourth-order valence-electron chi connectivity index (χ4n) is 4.34. The lowest BCUT2D eigenvalue weighted by molar-refractivity contribution is 0.205. The SMILES string of the molecule is N#CN/C(=N\C1CCN(Cc2ccccc2)CC1)N1CCc2ccccc2CC1. The lowest BCUT2D eigenvalue weighted by Gasteiger charge is -2.31. The maximum atomic E-state index is 9.27. The molecule has 1 saturated heterocycles. The number of piperidine rings is 1. The average Bonchev–Trinajstić information content (AvgIpc) is 2.98. The van der Waals surface area contributed by atoms with Crippen molar-refractivity contribution in [1.29, 1.82) is 5.26 Å². The first-order chi connectivity index (χ1) is 14.3. The van der Waals surface area contributed by atoms with E-state index in [1.165, 1.54) is 16.7 Å². The lowest BCUT2D eigenvalue weighted by atomic mass is 10.0. The first-order valence-electron chi connectivity index (χ1n) is 10.6. The van der Waals surface area contributed by atoms with E-state index >= 15 is 0 Å².